The minimum Gasteiger partial charge on any atom is -0.457 e. The fourth-order valence-electron chi connectivity index (χ4n) is 2.83. The molecule has 9 heteroatoms. The zero-order valence-corrected chi connectivity index (χ0v) is 20.3. The molecule has 184 valence electrons. The second kappa shape index (κ2) is 14.8. The first-order valence-corrected chi connectivity index (χ1v) is 11.0. The molecule has 9 nitrogen and oxygen atoms in total. The standard InChI is InChI=1S/C21H22N6O2.C5H10O/c1-27(14-28)12-11-24-21-18(20(23)25-13-26-21)19(22)15-7-9-17(10-8-15)29-16-5-3-2-4-6-16;1-3-4-5-6-2/h2-10,13-14,22H,11-12H2,1H3,(H3,23,24,25,26);3-4H,5H2,1-2H3/b;4-3+. The third-order valence-electron chi connectivity index (χ3n) is 4.68. The van der Waals surface area contributed by atoms with Crippen molar-refractivity contribution in [2.75, 3.05) is 44.9 Å². The Labute approximate surface area is 206 Å². The molecule has 4 N–H and O–H groups in total. The van der Waals surface area contributed by atoms with Gasteiger partial charge in [-0.1, -0.05) is 30.4 Å². The van der Waals surface area contributed by atoms with Crippen LogP contribution in [0.4, 0.5) is 11.6 Å². The summed E-state index contributed by atoms with van der Waals surface area (Å²) in [5.41, 5.74) is 7.29. The quantitative estimate of drug-likeness (QED) is 0.217. The number of likely N-dealkylation sites (N-methyl/N-ethyl adjacent to an activating group) is 1. The molecule has 0 spiro atoms. The van der Waals surface area contributed by atoms with Crippen molar-refractivity contribution in [1.82, 2.24) is 14.9 Å². The molecule has 0 bridgehead atoms. The van der Waals surface area contributed by atoms with Gasteiger partial charge in [-0.3, -0.25) is 10.2 Å². The number of methoxy groups -OCH3 is 1. The number of carbonyl (C=O) groups is 1. The summed E-state index contributed by atoms with van der Waals surface area (Å²) < 4.78 is 10.5. The number of nitrogens with two attached hydrogens (primary N) is 1. The first-order chi connectivity index (χ1) is 17.0. The smallest absolute Gasteiger partial charge is 0.209 e. The molecule has 35 heavy (non-hydrogen) atoms. The highest BCUT2D eigenvalue weighted by Crippen LogP contribution is 2.25. The number of amides is 1. The Morgan fingerprint density at radius 2 is 1.80 bits per heavy atom. The molecule has 1 aromatic heterocycles. The number of nitrogen functional groups attached to an aromatic ring is 1. The molecule has 1 heterocycles. The van der Waals surface area contributed by atoms with Gasteiger partial charge >= 0.3 is 0 Å². The molecule has 0 aliphatic carbocycles. The van der Waals surface area contributed by atoms with Crippen molar-refractivity contribution < 1.29 is 14.3 Å². The van der Waals surface area contributed by atoms with Crippen LogP contribution in [-0.2, 0) is 9.53 Å². The molecule has 0 radical (unpaired) electrons. The fraction of sp³-hybridized carbons (Fsp3) is 0.231. The van der Waals surface area contributed by atoms with E-state index in [0.717, 1.165) is 18.8 Å². The minimum atomic E-state index is 0.195. The van der Waals surface area contributed by atoms with Crippen LogP contribution in [0.3, 0.4) is 0 Å². The molecule has 3 aromatic rings. The second-order valence-electron chi connectivity index (χ2n) is 7.33. The van der Waals surface area contributed by atoms with Crippen molar-refractivity contribution in [2.45, 2.75) is 6.92 Å². The van der Waals surface area contributed by atoms with Crippen molar-refractivity contribution >= 4 is 23.8 Å². The van der Waals surface area contributed by atoms with Gasteiger partial charge in [-0.05, 0) is 43.3 Å². The van der Waals surface area contributed by atoms with Crippen molar-refractivity contribution in [3.05, 3.63) is 84.2 Å². The second-order valence-corrected chi connectivity index (χ2v) is 7.33. The molecule has 0 fully saturated rings. The van der Waals surface area contributed by atoms with Crippen molar-refractivity contribution in [2.24, 2.45) is 0 Å². The summed E-state index contributed by atoms with van der Waals surface area (Å²) in [6.45, 7) is 3.66. The first kappa shape index (κ1) is 27.0. The van der Waals surface area contributed by atoms with Gasteiger partial charge in [0.2, 0.25) is 6.41 Å². The van der Waals surface area contributed by atoms with Crippen LogP contribution in [0.2, 0.25) is 0 Å². The zero-order chi connectivity index (χ0) is 25.5. The van der Waals surface area contributed by atoms with Crippen LogP contribution in [0, 0.1) is 5.41 Å². The molecule has 0 unspecified atom stereocenters. The Bertz CT molecular complexity index is 1090. The molecule has 3 rings (SSSR count). The van der Waals surface area contributed by atoms with Crippen LogP contribution < -0.4 is 15.8 Å². The summed E-state index contributed by atoms with van der Waals surface area (Å²) in [7, 11) is 3.37. The molecule has 0 saturated carbocycles. The summed E-state index contributed by atoms with van der Waals surface area (Å²) in [5, 5.41) is 11.7. The van der Waals surface area contributed by atoms with E-state index in [9.17, 15) is 4.79 Å². The SMILES string of the molecule is C/C=C/COC.CN(C=O)CCNc1ncnc(N)c1C(=N)c1ccc(Oc2ccccc2)cc1. The number of hydrogen-bond donors (Lipinski definition) is 3. The van der Waals surface area contributed by atoms with Crippen LogP contribution in [0.5, 0.6) is 11.5 Å². The van der Waals surface area contributed by atoms with E-state index in [1.807, 2.05) is 49.4 Å². The van der Waals surface area contributed by atoms with Gasteiger partial charge in [-0.25, -0.2) is 9.97 Å². The number of hydrogen-bond acceptors (Lipinski definition) is 8. The Hall–Kier alpha value is -4.24. The average molecular weight is 477 g/mol. The van der Waals surface area contributed by atoms with Crippen LogP contribution >= 0.6 is 0 Å². The number of nitrogens with one attached hydrogen (secondary N) is 2. The number of carbonyl (C=O) groups excluding carboxylic acids is 1. The lowest BCUT2D eigenvalue weighted by Gasteiger charge is -2.15. The maximum atomic E-state index is 10.7. The van der Waals surface area contributed by atoms with Crippen molar-refractivity contribution in [3.8, 4) is 11.5 Å². The lowest BCUT2D eigenvalue weighted by molar-refractivity contribution is -0.116. The number of allylic oxidation sites excluding steroid dienone is 1. The summed E-state index contributed by atoms with van der Waals surface area (Å²) in [6.07, 6.45) is 6.01. The Kier molecular flexibility index (Phi) is 11.4. The lowest BCUT2D eigenvalue weighted by atomic mass is 10.0. The van der Waals surface area contributed by atoms with Crippen molar-refractivity contribution in [1.29, 1.82) is 5.41 Å². The van der Waals surface area contributed by atoms with E-state index in [2.05, 4.69) is 15.3 Å². The van der Waals surface area contributed by atoms with Gasteiger partial charge in [0.25, 0.3) is 0 Å². The number of ether oxygens (including phenoxy) is 2. The zero-order valence-electron chi connectivity index (χ0n) is 20.3. The lowest BCUT2D eigenvalue weighted by Crippen LogP contribution is -2.24. The molecule has 1 amide bonds. The summed E-state index contributed by atoms with van der Waals surface area (Å²) in [6, 6.07) is 16.6. The van der Waals surface area contributed by atoms with Gasteiger partial charge in [0.05, 0.1) is 17.9 Å². The number of benzene rings is 2. The van der Waals surface area contributed by atoms with E-state index in [1.165, 1.54) is 11.2 Å². The fourth-order valence-corrected chi connectivity index (χ4v) is 2.83. The predicted molar refractivity (Wildman–Crippen MR) is 139 cm³/mol. The van der Waals surface area contributed by atoms with Crippen LogP contribution in [-0.4, -0.2) is 60.8 Å². The third-order valence-corrected chi connectivity index (χ3v) is 4.68. The third kappa shape index (κ3) is 8.90. The van der Waals surface area contributed by atoms with Gasteiger partial charge < -0.3 is 25.4 Å². The number of aromatic nitrogens is 2. The molecular weight excluding hydrogens is 444 g/mol. The molecule has 0 aliphatic rings. The summed E-state index contributed by atoms with van der Waals surface area (Å²) in [4.78, 5) is 20.4. The van der Waals surface area contributed by atoms with Gasteiger partial charge in [-0.2, -0.15) is 0 Å². The van der Waals surface area contributed by atoms with Crippen LogP contribution in [0.15, 0.2) is 73.1 Å². The van der Waals surface area contributed by atoms with E-state index in [4.69, 9.17) is 20.6 Å². The van der Waals surface area contributed by atoms with E-state index >= 15 is 0 Å². The number of para-hydroxylation sites is 1. The molecule has 2 aromatic carbocycles. The number of anilines is 2. The number of nitrogens with zero attached hydrogens (tertiary/aromatic N) is 3. The largest absolute Gasteiger partial charge is 0.457 e. The Morgan fingerprint density at radius 3 is 2.40 bits per heavy atom. The van der Waals surface area contributed by atoms with Gasteiger partial charge in [-0.15, -0.1) is 0 Å². The van der Waals surface area contributed by atoms with Gasteiger partial charge in [0, 0.05) is 32.8 Å². The Balaban J connectivity index is 0.000000641. The molecular formula is C26H32N6O3. The van der Waals surface area contributed by atoms with Gasteiger partial charge in [0.15, 0.2) is 0 Å². The van der Waals surface area contributed by atoms with Crippen LogP contribution in [0.1, 0.15) is 18.1 Å². The van der Waals surface area contributed by atoms with E-state index in [0.29, 0.717) is 35.8 Å². The normalized spacial score (nSPS) is 10.3. The molecule has 0 aliphatic heterocycles. The molecule has 0 saturated heterocycles. The monoisotopic (exact) mass is 476 g/mol. The van der Waals surface area contributed by atoms with E-state index < -0.39 is 0 Å². The summed E-state index contributed by atoms with van der Waals surface area (Å²) in [5.74, 6) is 2.07. The average Bonchev–Trinajstić information content (AvgIpc) is 2.88. The summed E-state index contributed by atoms with van der Waals surface area (Å²) >= 11 is 0. The van der Waals surface area contributed by atoms with Crippen molar-refractivity contribution in [3.63, 3.8) is 0 Å². The predicted octanol–water partition coefficient (Wildman–Crippen LogP) is 3.98. The minimum absolute atomic E-state index is 0.195. The van der Waals surface area contributed by atoms with E-state index in [1.54, 1.807) is 38.4 Å². The van der Waals surface area contributed by atoms with E-state index in [-0.39, 0.29) is 11.5 Å². The van der Waals surface area contributed by atoms with Crippen LogP contribution in [0.25, 0.3) is 0 Å². The first-order valence-electron chi connectivity index (χ1n) is 11.0. The molecule has 0 atom stereocenters. The van der Waals surface area contributed by atoms with Gasteiger partial charge in [0.1, 0.15) is 29.5 Å². The highest BCUT2D eigenvalue weighted by molar-refractivity contribution is 6.16. The number of rotatable bonds is 11. The highest BCUT2D eigenvalue weighted by atomic mass is 16.5. The highest BCUT2D eigenvalue weighted by Gasteiger charge is 2.16. The maximum Gasteiger partial charge on any atom is 0.209 e. The topological polar surface area (TPSA) is 126 Å². The maximum absolute atomic E-state index is 10.7. The Morgan fingerprint density at radius 1 is 1.11 bits per heavy atom.